The molecule has 0 saturated carbocycles. The molecule has 1 fully saturated rings. The largest absolute Gasteiger partial charge is 0.442 e. The lowest BCUT2D eigenvalue weighted by atomic mass is 10.3. The van der Waals surface area contributed by atoms with Gasteiger partial charge in [-0.1, -0.05) is 29.8 Å². The van der Waals surface area contributed by atoms with Gasteiger partial charge in [0.25, 0.3) is 0 Å². The summed E-state index contributed by atoms with van der Waals surface area (Å²) in [6, 6.07) is 15.7. The molecule has 6 nitrogen and oxygen atoms in total. The van der Waals surface area contributed by atoms with Gasteiger partial charge in [0, 0.05) is 16.4 Å². The zero-order valence-electron chi connectivity index (χ0n) is 12.7. The average molecular weight is 346 g/mol. The van der Waals surface area contributed by atoms with Crippen molar-refractivity contribution < 1.29 is 14.3 Å². The number of nitrogens with zero attached hydrogens (tertiary/aromatic N) is 1. The molecule has 0 aliphatic carbocycles. The van der Waals surface area contributed by atoms with E-state index in [2.05, 4.69) is 10.6 Å². The van der Waals surface area contributed by atoms with Gasteiger partial charge in [0.15, 0.2) is 0 Å². The maximum atomic E-state index is 11.9. The van der Waals surface area contributed by atoms with Crippen LogP contribution in [0.5, 0.6) is 0 Å². The smallest absolute Gasteiger partial charge is 0.414 e. The SMILES string of the molecule is O=C(NCC1CN(c2ccccc2)C(=O)O1)Nc1ccc(Cl)cc1. The summed E-state index contributed by atoms with van der Waals surface area (Å²) >= 11 is 5.79. The molecule has 2 aromatic rings. The second-order valence-electron chi connectivity index (χ2n) is 5.29. The second kappa shape index (κ2) is 7.23. The molecule has 3 rings (SSSR count). The van der Waals surface area contributed by atoms with Crippen LogP contribution < -0.4 is 15.5 Å². The summed E-state index contributed by atoms with van der Waals surface area (Å²) in [4.78, 5) is 25.3. The van der Waals surface area contributed by atoms with E-state index in [1.807, 2.05) is 30.3 Å². The molecule has 124 valence electrons. The fourth-order valence-electron chi connectivity index (χ4n) is 2.36. The van der Waals surface area contributed by atoms with Crippen LogP contribution in [0.3, 0.4) is 0 Å². The van der Waals surface area contributed by atoms with Crippen LogP contribution >= 0.6 is 11.6 Å². The highest BCUT2D eigenvalue weighted by Crippen LogP contribution is 2.20. The molecular formula is C17H16ClN3O3. The van der Waals surface area contributed by atoms with E-state index in [9.17, 15) is 9.59 Å². The van der Waals surface area contributed by atoms with Crippen molar-refractivity contribution in [3.63, 3.8) is 0 Å². The van der Waals surface area contributed by atoms with Crippen molar-refractivity contribution in [3.8, 4) is 0 Å². The van der Waals surface area contributed by atoms with Gasteiger partial charge in [-0.2, -0.15) is 0 Å². The van der Waals surface area contributed by atoms with Gasteiger partial charge in [0.05, 0.1) is 13.1 Å². The zero-order valence-corrected chi connectivity index (χ0v) is 13.5. The van der Waals surface area contributed by atoms with Gasteiger partial charge in [-0.25, -0.2) is 9.59 Å². The minimum absolute atomic E-state index is 0.231. The molecule has 1 aliphatic rings. The van der Waals surface area contributed by atoms with E-state index >= 15 is 0 Å². The quantitative estimate of drug-likeness (QED) is 0.891. The number of carbonyl (C=O) groups is 2. The zero-order chi connectivity index (χ0) is 16.9. The lowest BCUT2D eigenvalue weighted by Gasteiger charge is -2.13. The van der Waals surface area contributed by atoms with Gasteiger partial charge in [-0.05, 0) is 36.4 Å². The van der Waals surface area contributed by atoms with Gasteiger partial charge in [0.2, 0.25) is 0 Å². The summed E-state index contributed by atoms with van der Waals surface area (Å²) in [6.45, 7) is 0.624. The van der Waals surface area contributed by atoms with Crippen molar-refractivity contribution in [1.29, 1.82) is 0 Å². The first kappa shape index (κ1) is 16.1. The summed E-state index contributed by atoms with van der Waals surface area (Å²) < 4.78 is 5.27. The molecule has 0 aromatic heterocycles. The number of ether oxygens (including phenoxy) is 1. The number of hydrogen-bond acceptors (Lipinski definition) is 3. The third-order valence-electron chi connectivity index (χ3n) is 3.53. The predicted octanol–water partition coefficient (Wildman–Crippen LogP) is 3.49. The van der Waals surface area contributed by atoms with Gasteiger partial charge < -0.3 is 15.4 Å². The Bertz CT molecular complexity index is 722. The maximum absolute atomic E-state index is 11.9. The van der Waals surface area contributed by atoms with Crippen molar-refractivity contribution in [2.75, 3.05) is 23.3 Å². The van der Waals surface area contributed by atoms with Crippen LogP contribution in [-0.2, 0) is 4.74 Å². The first-order valence-corrected chi connectivity index (χ1v) is 7.83. The molecule has 1 heterocycles. The minimum Gasteiger partial charge on any atom is -0.442 e. The van der Waals surface area contributed by atoms with Gasteiger partial charge in [-0.3, -0.25) is 4.90 Å². The number of carbonyl (C=O) groups excluding carboxylic acids is 2. The minimum atomic E-state index is -0.411. The van der Waals surface area contributed by atoms with Crippen molar-refractivity contribution >= 4 is 35.1 Å². The number of para-hydroxylation sites is 1. The van der Waals surface area contributed by atoms with Crippen molar-refractivity contribution in [2.24, 2.45) is 0 Å². The molecule has 1 atom stereocenters. The van der Waals surface area contributed by atoms with Crippen LogP contribution in [0.2, 0.25) is 5.02 Å². The van der Waals surface area contributed by atoms with E-state index in [0.717, 1.165) is 5.69 Å². The Labute approximate surface area is 144 Å². The molecule has 7 heteroatoms. The molecule has 2 N–H and O–H groups in total. The molecule has 2 aromatic carbocycles. The highest BCUT2D eigenvalue weighted by Gasteiger charge is 2.32. The number of amides is 3. The summed E-state index contributed by atoms with van der Waals surface area (Å²) in [5.74, 6) is 0. The molecule has 1 saturated heterocycles. The van der Waals surface area contributed by atoms with E-state index < -0.39 is 12.2 Å². The third kappa shape index (κ3) is 3.97. The van der Waals surface area contributed by atoms with Crippen LogP contribution in [0.25, 0.3) is 0 Å². The molecule has 0 radical (unpaired) electrons. The van der Waals surface area contributed by atoms with E-state index in [1.54, 1.807) is 29.2 Å². The molecular weight excluding hydrogens is 330 g/mol. The lowest BCUT2D eigenvalue weighted by Crippen LogP contribution is -2.37. The lowest BCUT2D eigenvalue weighted by molar-refractivity contribution is 0.141. The second-order valence-corrected chi connectivity index (χ2v) is 5.73. The standard InChI is InChI=1S/C17H16ClN3O3/c18-12-6-8-13(9-7-12)20-16(22)19-10-15-11-21(17(23)24-15)14-4-2-1-3-5-14/h1-9,15H,10-11H2,(H2,19,20,22). The maximum Gasteiger partial charge on any atom is 0.414 e. The highest BCUT2D eigenvalue weighted by atomic mass is 35.5. The fraction of sp³-hybridized carbons (Fsp3) is 0.176. The average Bonchev–Trinajstić information content (AvgIpc) is 2.97. The Morgan fingerprint density at radius 3 is 2.58 bits per heavy atom. The topological polar surface area (TPSA) is 70.7 Å². The number of rotatable bonds is 4. The number of anilines is 2. The Morgan fingerprint density at radius 1 is 1.17 bits per heavy atom. The summed E-state index contributed by atoms with van der Waals surface area (Å²) in [7, 11) is 0. The number of nitrogens with one attached hydrogen (secondary N) is 2. The van der Waals surface area contributed by atoms with E-state index in [-0.39, 0.29) is 12.6 Å². The Balaban J connectivity index is 1.49. The molecule has 3 amide bonds. The summed E-state index contributed by atoms with van der Waals surface area (Å²) in [5.41, 5.74) is 1.40. The number of hydrogen-bond donors (Lipinski definition) is 2. The van der Waals surface area contributed by atoms with Crippen molar-refractivity contribution in [2.45, 2.75) is 6.10 Å². The molecule has 24 heavy (non-hydrogen) atoms. The highest BCUT2D eigenvalue weighted by molar-refractivity contribution is 6.30. The number of halogens is 1. The molecule has 1 aliphatic heterocycles. The fourth-order valence-corrected chi connectivity index (χ4v) is 2.49. The first-order chi connectivity index (χ1) is 11.6. The van der Waals surface area contributed by atoms with Gasteiger partial charge >= 0.3 is 12.1 Å². The number of cyclic esters (lactones) is 1. The van der Waals surface area contributed by atoms with Crippen LogP contribution in [-0.4, -0.2) is 31.3 Å². The predicted molar refractivity (Wildman–Crippen MR) is 92.5 cm³/mol. The normalized spacial score (nSPS) is 16.6. The first-order valence-electron chi connectivity index (χ1n) is 7.45. The molecule has 1 unspecified atom stereocenters. The van der Waals surface area contributed by atoms with Crippen LogP contribution in [0.4, 0.5) is 21.0 Å². The van der Waals surface area contributed by atoms with Crippen molar-refractivity contribution in [3.05, 3.63) is 59.6 Å². The monoisotopic (exact) mass is 345 g/mol. The van der Waals surface area contributed by atoms with E-state index in [1.165, 1.54) is 0 Å². The Hall–Kier alpha value is -2.73. The van der Waals surface area contributed by atoms with Gasteiger partial charge in [0.1, 0.15) is 6.10 Å². The molecule has 0 spiro atoms. The van der Waals surface area contributed by atoms with Crippen molar-refractivity contribution in [1.82, 2.24) is 5.32 Å². The summed E-state index contributed by atoms with van der Waals surface area (Å²) in [5, 5.41) is 5.97. The Morgan fingerprint density at radius 2 is 1.88 bits per heavy atom. The van der Waals surface area contributed by atoms with E-state index in [4.69, 9.17) is 16.3 Å². The summed E-state index contributed by atoms with van der Waals surface area (Å²) in [6.07, 6.45) is -0.806. The number of benzene rings is 2. The van der Waals surface area contributed by atoms with Crippen LogP contribution in [0.1, 0.15) is 0 Å². The molecule has 0 bridgehead atoms. The Kier molecular flexibility index (Phi) is 4.86. The van der Waals surface area contributed by atoms with E-state index in [0.29, 0.717) is 17.3 Å². The number of urea groups is 1. The van der Waals surface area contributed by atoms with Crippen LogP contribution in [0, 0.1) is 0 Å². The van der Waals surface area contributed by atoms with Crippen LogP contribution in [0.15, 0.2) is 54.6 Å². The third-order valence-corrected chi connectivity index (χ3v) is 3.79. The van der Waals surface area contributed by atoms with Gasteiger partial charge in [-0.15, -0.1) is 0 Å².